The number of hydrogen-bond donors (Lipinski definition) is 0. The Balaban J connectivity index is 1.23. The maximum atomic E-state index is 14.0. The van der Waals surface area contributed by atoms with Gasteiger partial charge in [-0.2, -0.15) is 17.6 Å². The molecular formula is C27H36F4O8. The van der Waals surface area contributed by atoms with Crippen LogP contribution in [0.4, 0.5) is 17.6 Å². The number of carbonyl (C=O) groups is 2. The maximum absolute atomic E-state index is 14.0. The van der Waals surface area contributed by atoms with E-state index in [9.17, 15) is 27.2 Å². The van der Waals surface area contributed by atoms with Crippen molar-refractivity contribution in [2.45, 2.75) is 107 Å². The quantitative estimate of drug-likeness (QED) is 0.264. The summed E-state index contributed by atoms with van der Waals surface area (Å²) in [5, 5.41) is 0. The second-order valence-corrected chi connectivity index (χ2v) is 12.4. The van der Waals surface area contributed by atoms with Gasteiger partial charge in [-0.3, -0.25) is 4.79 Å². The molecule has 12 heteroatoms. The lowest BCUT2D eigenvalue weighted by atomic mass is 9.51. The van der Waals surface area contributed by atoms with E-state index in [0.717, 1.165) is 0 Å². The molecule has 2 aliphatic heterocycles. The van der Waals surface area contributed by atoms with Gasteiger partial charge in [0, 0.05) is 23.8 Å². The third kappa shape index (κ3) is 5.46. The zero-order valence-corrected chi connectivity index (χ0v) is 22.4. The summed E-state index contributed by atoms with van der Waals surface area (Å²) < 4.78 is 90.2. The average molecular weight is 565 g/mol. The lowest BCUT2D eigenvalue weighted by Crippen LogP contribution is -2.66. The van der Waals surface area contributed by atoms with E-state index < -0.39 is 78.2 Å². The smallest absolute Gasteiger partial charge is 0.335 e. The fourth-order valence-corrected chi connectivity index (χ4v) is 7.32. The van der Waals surface area contributed by atoms with E-state index in [1.54, 1.807) is 20.8 Å². The highest BCUT2D eigenvalue weighted by atomic mass is 19.3. The molecular weight excluding hydrogens is 528 g/mol. The molecule has 4 bridgehead atoms. The van der Waals surface area contributed by atoms with Crippen LogP contribution >= 0.6 is 0 Å². The minimum Gasteiger partial charge on any atom is -0.460 e. The second-order valence-electron chi connectivity index (χ2n) is 12.4. The molecule has 4 aliphatic carbocycles. The fourth-order valence-electron chi connectivity index (χ4n) is 7.32. The number of ether oxygens (including phenoxy) is 6. The molecule has 6 fully saturated rings. The van der Waals surface area contributed by atoms with Gasteiger partial charge in [-0.05, 0) is 58.8 Å². The third-order valence-electron chi connectivity index (χ3n) is 8.66. The molecule has 0 N–H and O–H groups in total. The lowest BCUT2D eigenvalue weighted by molar-refractivity contribution is -0.355. The minimum atomic E-state index is -4.33. The molecule has 4 atom stereocenters. The molecule has 0 aromatic rings. The van der Waals surface area contributed by atoms with Crippen molar-refractivity contribution in [3.05, 3.63) is 12.2 Å². The van der Waals surface area contributed by atoms with E-state index in [1.165, 1.54) is 0 Å². The van der Waals surface area contributed by atoms with Crippen LogP contribution < -0.4 is 0 Å². The largest absolute Gasteiger partial charge is 0.460 e. The molecule has 4 unspecified atom stereocenters. The summed E-state index contributed by atoms with van der Waals surface area (Å²) in [4.78, 5) is 24.9. The Morgan fingerprint density at radius 1 is 0.897 bits per heavy atom. The van der Waals surface area contributed by atoms with Crippen LogP contribution in [0.2, 0.25) is 0 Å². The number of alkyl halides is 4. The summed E-state index contributed by atoms with van der Waals surface area (Å²) in [5.74, 6) is -12.9. The van der Waals surface area contributed by atoms with Gasteiger partial charge in [0.1, 0.15) is 25.4 Å². The Bertz CT molecular complexity index is 978. The van der Waals surface area contributed by atoms with Gasteiger partial charge in [-0.15, -0.1) is 0 Å². The average Bonchev–Trinajstić information content (AvgIpc) is 2.88. The van der Waals surface area contributed by atoms with Crippen LogP contribution in [0.25, 0.3) is 0 Å². The highest BCUT2D eigenvalue weighted by molar-refractivity contribution is 5.86. The highest BCUT2D eigenvalue weighted by Crippen LogP contribution is 2.63. The van der Waals surface area contributed by atoms with Crippen LogP contribution in [0.5, 0.6) is 0 Å². The van der Waals surface area contributed by atoms with Gasteiger partial charge < -0.3 is 28.4 Å². The molecule has 0 amide bonds. The van der Waals surface area contributed by atoms with Gasteiger partial charge in [0.15, 0.2) is 11.6 Å². The summed E-state index contributed by atoms with van der Waals surface area (Å²) in [6.45, 7) is 5.66. The van der Waals surface area contributed by atoms with Crippen LogP contribution in [0.1, 0.15) is 65.7 Å². The Morgan fingerprint density at radius 3 is 2.03 bits per heavy atom. The van der Waals surface area contributed by atoms with E-state index in [1.807, 2.05) is 0 Å². The highest BCUT2D eigenvalue weighted by Gasteiger charge is 2.69. The van der Waals surface area contributed by atoms with E-state index in [-0.39, 0.29) is 24.5 Å². The summed E-state index contributed by atoms with van der Waals surface area (Å²) >= 11 is 0. The van der Waals surface area contributed by atoms with Crippen molar-refractivity contribution < 1.29 is 55.6 Å². The van der Waals surface area contributed by atoms with Gasteiger partial charge in [-0.25, -0.2) is 4.79 Å². The van der Waals surface area contributed by atoms with Crippen molar-refractivity contribution in [2.24, 2.45) is 17.8 Å². The molecule has 220 valence electrons. The third-order valence-corrected chi connectivity index (χ3v) is 8.66. The minimum absolute atomic E-state index is 0.0147. The molecule has 0 aromatic heterocycles. The number of carbonyl (C=O) groups excluding carboxylic acids is 2. The predicted molar refractivity (Wildman–Crippen MR) is 126 cm³/mol. The number of rotatable bonds is 6. The molecule has 1 spiro atoms. The number of hydrogen-bond acceptors (Lipinski definition) is 8. The SMILES string of the molecule is C=C(C)C(=O)OCC1CC(CC(=O)OC23CC4CC(C2)C2(OCC(F)(F)C(F)(F)CO2)C(C4)C3)OC(C)(C)O1. The first kappa shape index (κ1) is 28.8. The van der Waals surface area contributed by atoms with Gasteiger partial charge >= 0.3 is 23.8 Å². The molecule has 6 rings (SSSR count). The molecule has 0 aromatic carbocycles. The van der Waals surface area contributed by atoms with E-state index in [4.69, 9.17) is 28.4 Å². The maximum Gasteiger partial charge on any atom is 0.335 e. The van der Waals surface area contributed by atoms with Crippen LogP contribution in [0, 0.1) is 17.8 Å². The molecule has 6 aliphatic rings. The first-order valence-electron chi connectivity index (χ1n) is 13.5. The molecule has 39 heavy (non-hydrogen) atoms. The van der Waals surface area contributed by atoms with Gasteiger partial charge in [-0.1, -0.05) is 6.58 Å². The zero-order valence-electron chi connectivity index (χ0n) is 22.4. The van der Waals surface area contributed by atoms with E-state index in [2.05, 4.69) is 6.58 Å². The van der Waals surface area contributed by atoms with Gasteiger partial charge in [0.2, 0.25) is 0 Å². The first-order chi connectivity index (χ1) is 18.0. The molecule has 8 nitrogen and oxygen atoms in total. The summed E-state index contributed by atoms with van der Waals surface area (Å²) in [6.07, 6.45) is 1.57. The second kappa shape index (κ2) is 9.66. The molecule has 2 saturated heterocycles. The summed E-state index contributed by atoms with van der Waals surface area (Å²) in [7, 11) is 0. The van der Waals surface area contributed by atoms with Crippen molar-refractivity contribution in [1.29, 1.82) is 0 Å². The van der Waals surface area contributed by atoms with Crippen LogP contribution in [0.15, 0.2) is 12.2 Å². The summed E-state index contributed by atoms with van der Waals surface area (Å²) in [5.41, 5.74) is -0.569. The topological polar surface area (TPSA) is 89.5 Å². The van der Waals surface area contributed by atoms with Crippen LogP contribution in [-0.4, -0.2) is 73.0 Å². The number of halogens is 4. The van der Waals surface area contributed by atoms with Crippen molar-refractivity contribution in [3.8, 4) is 0 Å². The van der Waals surface area contributed by atoms with Crippen molar-refractivity contribution in [2.75, 3.05) is 19.8 Å². The van der Waals surface area contributed by atoms with Crippen molar-refractivity contribution >= 4 is 11.9 Å². The van der Waals surface area contributed by atoms with E-state index in [0.29, 0.717) is 38.5 Å². The van der Waals surface area contributed by atoms with Crippen LogP contribution in [-0.2, 0) is 38.0 Å². The van der Waals surface area contributed by atoms with Gasteiger partial charge in [0.05, 0.1) is 18.6 Å². The Hall–Kier alpha value is -1.76. The molecule has 4 saturated carbocycles. The Kier molecular flexibility index (Phi) is 7.13. The predicted octanol–water partition coefficient (Wildman–Crippen LogP) is 4.54. The molecule has 0 radical (unpaired) electrons. The summed E-state index contributed by atoms with van der Waals surface area (Å²) in [6, 6.07) is 0. The van der Waals surface area contributed by atoms with Crippen LogP contribution in [0.3, 0.4) is 0 Å². The van der Waals surface area contributed by atoms with E-state index >= 15 is 0 Å². The molecule has 2 heterocycles. The Morgan fingerprint density at radius 2 is 1.46 bits per heavy atom. The normalized spacial score (nSPS) is 39.1. The number of esters is 2. The fraction of sp³-hybridized carbons (Fsp3) is 0.852. The standard InChI is InChI=1S/C27H36F4O8/c1-15(2)22(33)34-12-20-7-19(37-23(3,4)38-20)8-21(32)39-24-9-16-5-17(10-24)27(18(6-16)11-24)35-13-25(28,29)26(30,31)14-36-27/h16-20H,1,5-14H2,2-4H3. The van der Waals surface area contributed by atoms with Gasteiger partial charge in [0.25, 0.3) is 0 Å². The van der Waals surface area contributed by atoms with Crippen molar-refractivity contribution in [1.82, 2.24) is 0 Å². The Labute approximate surface area is 224 Å². The lowest BCUT2D eigenvalue weighted by Gasteiger charge is -2.63. The zero-order chi connectivity index (χ0) is 28.4. The monoisotopic (exact) mass is 564 g/mol. The van der Waals surface area contributed by atoms with Crippen molar-refractivity contribution in [3.63, 3.8) is 0 Å². The first-order valence-corrected chi connectivity index (χ1v) is 13.5.